The Morgan fingerprint density at radius 3 is 2.44 bits per heavy atom. The van der Waals surface area contributed by atoms with Crippen LogP contribution in [0.3, 0.4) is 0 Å². The number of hydrogen-bond acceptors (Lipinski definition) is 0. The van der Waals surface area contributed by atoms with Gasteiger partial charge >= 0.3 is 0 Å². The molecule has 1 aromatic carbocycles. The van der Waals surface area contributed by atoms with E-state index in [9.17, 15) is 4.39 Å². The van der Waals surface area contributed by atoms with Gasteiger partial charge in [0.1, 0.15) is 5.82 Å². The standard InChI is InChI=1S/C23H32ClF/c1-17-6-8-18(9-7-17)4-2-3-5-19-10-12-20(13-11-19)21-14-15-22(24)23(25)16-21/h3,5,14-20H,2,4,6-13H2,1H3/b5-3+. The number of allylic oxidation sites excluding steroid dienone is 2. The molecule has 25 heavy (non-hydrogen) atoms. The molecule has 2 heteroatoms. The third kappa shape index (κ3) is 5.58. The first kappa shape index (κ1) is 19.0. The maximum absolute atomic E-state index is 13.6. The summed E-state index contributed by atoms with van der Waals surface area (Å²) in [6.45, 7) is 2.39. The monoisotopic (exact) mass is 362 g/mol. The van der Waals surface area contributed by atoms with E-state index in [1.54, 1.807) is 12.1 Å². The van der Waals surface area contributed by atoms with Crippen molar-refractivity contribution in [2.24, 2.45) is 17.8 Å². The third-order valence-corrected chi connectivity index (χ3v) is 6.78. The Morgan fingerprint density at radius 2 is 1.76 bits per heavy atom. The van der Waals surface area contributed by atoms with Crippen molar-refractivity contribution in [2.75, 3.05) is 0 Å². The molecule has 0 aliphatic heterocycles. The molecule has 1 aromatic rings. The van der Waals surface area contributed by atoms with E-state index >= 15 is 0 Å². The van der Waals surface area contributed by atoms with Crippen molar-refractivity contribution in [1.82, 2.24) is 0 Å². The second-order valence-corrected chi connectivity index (χ2v) is 8.82. The topological polar surface area (TPSA) is 0 Å². The lowest BCUT2D eigenvalue weighted by molar-refractivity contribution is 0.278. The summed E-state index contributed by atoms with van der Waals surface area (Å²) in [6, 6.07) is 5.33. The molecular formula is C23H32ClF. The molecule has 0 saturated heterocycles. The lowest BCUT2D eigenvalue weighted by Gasteiger charge is -2.27. The Kier molecular flexibility index (Phi) is 6.99. The van der Waals surface area contributed by atoms with Gasteiger partial charge in [-0.25, -0.2) is 4.39 Å². The summed E-state index contributed by atoms with van der Waals surface area (Å²) in [7, 11) is 0. The van der Waals surface area contributed by atoms with E-state index < -0.39 is 0 Å². The van der Waals surface area contributed by atoms with Gasteiger partial charge in [-0.3, -0.25) is 0 Å². The van der Waals surface area contributed by atoms with Crippen LogP contribution in [0.15, 0.2) is 30.4 Å². The van der Waals surface area contributed by atoms with Crippen molar-refractivity contribution in [1.29, 1.82) is 0 Å². The van der Waals surface area contributed by atoms with Gasteiger partial charge in [0.15, 0.2) is 0 Å². The van der Waals surface area contributed by atoms with Gasteiger partial charge in [0.25, 0.3) is 0 Å². The van der Waals surface area contributed by atoms with Crippen LogP contribution in [-0.4, -0.2) is 0 Å². The van der Waals surface area contributed by atoms with Crippen molar-refractivity contribution < 1.29 is 4.39 Å². The fraction of sp³-hybridized carbons (Fsp3) is 0.652. The van der Waals surface area contributed by atoms with Crippen LogP contribution in [0.5, 0.6) is 0 Å². The van der Waals surface area contributed by atoms with E-state index in [0.717, 1.165) is 36.2 Å². The Bertz CT molecular complexity index is 563. The molecular weight excluding hydrogens is 331 g/mol. The largest absolute Gasteiger partial charge is 0.205 e. The fourth-order valence-electron chi connectivity index (χ4n) is 4.65. The smallest absolute Gasteiger partial charge is 0.142 e. The molecule has 0 bridgehead atoms. The number of hydrogen-bond donors (Lipinski definition) is 0. The van der Waals surface area contributed by atoms with E-state index in [1.807, 2.05) is 6.07 Å². The maximum atomic E-state index is 13.6. The molecule has 0 spiro atoms. The zero-order valence-corrected chi connectivity index (χ0v) is 16.3. The first-order valence-corrected chi connectivity index (χ1v) is 10.6. The predicted octanol–water partition coefficient (Wildman–Crippen LogP) is 7.92. The number of benzene rings is 1. The summed E-state index contributed by atoms with van der Waals surface area (Å²) in [5, 5.41) is 0.229. The summed E-state index contributed by atoms with van der Waals surface area (Å²) in [4.78, 5) is 0. The van der Waals surface area contributed by atoms with Crippen molar-refractivity contribution in [3.63, 3.8) is 0 Å². The van der Waals surface area contributed by atoms with Gasteiger partial charge in [-0.05, 0) is 79.9 Å². The summed E-state index contributed by atoms with van der Waals surface area (Å²) >= 11 is 5.79. The third-order valence-electron chi connectivity index (χ3n) is 6.47. The molecule has 0 atom stereocenters. The average Bonchev–Trinajstić information content (AvgIpc) is 2.63. The summed E-state index contributed by atoms with van der Waals surface area (Å²) in [5.74, 6) is 2.87. The summed E-state index contributed by atoms with van der Waals surface area (Å²) in [6.07, 6.45) is 18.1. The SMILES string of the molecule is CC1CCC(CC/C=C/C2CCC(c3ccc(Cl)c(F)c3)CC2)CC1. The highest BCUT2D eigenvalue weighted by molar-refractivity contribution is 6.30. The molecule has 0 amide bonds. The van der Waals surface area contributed by atoms with Gasteiger partial charge in [0.2, 0.25) is 0 Å². The van der Waals surface area contributed by atoms with Crippen LogP contribution in [-0.2, 0) is 0 Å². The second kappa shape index (κ2) is 9.21. The Balaban J connectivity index is 1.38. The maximum Gasteiger partial charge on any atom is 0.142 e. The van der Waals surface area contributed by atoms with Crippen LogP contribution in [0.1, 0.15) is 82.6 Å². The Labute approximate surface area is 157 Å². The fourth-order valence-corrected chi connectivity index (χ4v) is 4.77. The Hall–Kier alpha value is -0.820. The minimum absolute atomic E-state index is 0.229. The lowest BCUT2D eigenvalue weighted by atomic mass is 9.78. The van der Waals surface area contributed by atoms with E-state index in [0.29, 0.717) is 5.92 Å². The van der Waals surface area contributed by atoms with Gasteiger partial charge in [0, 0.05) is 0 Å². The van der Waals surface area contributed by atoms with E-state index in [1.165, 1.54) is 51.4 Å². The van der Waals surface area contributed by atoms with Gasteiger partial charge in [0.05, 0.1) is 5.02 Å². The molecule has 2 fully saturated rings. The van der Waals surface area contributed by atoms with Gasteiger partial charge in [-0.1, -0.05) is 62.4 Å². The van der Waals surface area contributed by atoms with Gasteiger partial charge in [-0.15, -0.1) is 0 Å². The highest BCUT2D eigenvalue weighted by Crippen LogP contribution is 2.37. The molecule has 0 N–H and O–H groups in total. The highest BCUT2D eigenvalue weighted by atomic mass is 35.5. The zero-order chi connectivity index (χ0) is 17.6. The quantitative estimate of drug-likeness (QED) is 0.466. The van der Waals surface area contributed by atoms with Crippen LogP contribution in [0.25, 0.3) is 0 Å². The first-order valence-electron chi connectivity index (χ1n) is 10.2. The normalized spacial score (nSPS) is 30.7. The van der Waals surface area contributed by atoms with Crippen LogP contribution in [0.4, 0.5) is 4.39 Å². The van der Waals surface area contributed by atoms with Crippen LogP contribution >= 0.6 is 11.6 Å². The van der Waals surface area contributed by atoms with Crippen molar-refractivity contribution >= 4 is 11.6 Å². The molecule has 0 heterocycles. The first-order chi connectivity index (χ1) is 12.1. The summed E-state index contributed by atoms with van der Waals surface area (Å²) in [5.41, 5.74) is 1.12. The van der Waals surface area contributed by atoms with Crippen molar-refractivity contribution in [3.8, 4) is 0 Å². The molecule has 0 nitrogen and oxygen atoms in total. The molecule has 2 saturated carbocycles. The van der Waals surface area contributed by atoms with Crippen molar-refractivity contribution in [2.45, 2.75) is 77.0 Å². The number of halogens is 2. The van der Waals surface area contributed by atoms with E-state index in [4.69, 9.17) is 11.6 Å². The Morgan fingerprint density at radius 1 is 1.04 bits per heavy atom. The molecule has 0 radical (unpaired) electrons. The molecule has 0 unspecified atom stereocenters. The minimum atomic E-state index is -0.279. The van der Waals surface area contributed by atoms with Crippen LogP contribution in [0, 0.1) is 23.6 Å². The molecule has 2 aliphatic carbocycles. The lowest BCUT2D eigenvalue weighted by Crippen LogP contribution is -2.12. The zero-order valence-electron chi connectivity index (χ0n) is 15.5. The molecule has 3 rings (SSSR count). The van der Waals surface area contributed by atoms with Crippen LogP contribution in [0.2, 0.25) is 5.02 Å². The number of rotatable bonds is 5. The average molecular weight is 363 g/mol. The predicted molar refractivity (Wildman–Crippen MR) is 106 cm³/mol. The molecule has 0 aromatic heterocycles. The van der Waals surface area contributed by atoms with E-state index in [-0.39, 0.29) is 10.8 Å². The summed E-state index contributed by atoms with van der Waals surface area (Å²) < 4.78 is 13.6. The van der Waals surface area contributed by atoms with Gasteiger partial charge < -0.3 is 0 Å². The highest BCUT2D eigenvalue weighted by Gasteiger charge is 2.22. The van der Waals surface area contributed by atoms with Crippen LogP contribution < -0.4 is 0 Å². The van der Waals surface area contributed by atoms with E-state index in [2.05, 4.69) is 19.1 Å². The van der Waals surface area contributed by atoms with Crippen molar-refractivity contribution in [3.05, 3.63) is 46.8 Å². The second-order valence-electron chi connectivity index (χ2n) is 8.42. The van der Waals surface area contributed by atoms with Gasteiger partial charge in [-0.2, -0.15) is 0 Å². The molecule has 2 aliphatic rings. The minimum Gasteiger partial charge on any atom is -0.205 e. The molecule has 138 valence electrons.